The maximum absolute atomic E-state index is 10.8. The molecule has 1 aromatic heterocycles. The molecule has 34 heavy (non-hydrogen) atoms. The van der Waals surface area contributed by atoms with E-state index in [2.05, 4.69) is 69.2 Å². The van der Waals surface area contributed by atoms with Gasteiger partial charge in [0.1, 0.15) is 5.60 Å². The summed E-state index contributed by atoms with van der Waals surface area (Å²) in [6, 6.07) is 17.4. The molecule has 0 saturated carbocycles. The van der Waals surface area contributed by atoms with Crippen molar-refractivity contribution in [2.24, 2.45) is 12.0 Å². The van der Waals surface area contributed by atoms with E-state index in [9.17, 15) is 5.11 Å². The molecule has 0 bridgehead atoms. The number of hydrogen-bond acceptors (Lipinski definition) is 4. The molecule has 2 aromatic carbocycles. The molecule has 3 aromatic rings. The molecule has 8 heteroatoms. The predicted octanol–water partition coefficient (Wildman–Crippen LogP) is 3.56. The molecule has 0 spiro atoms. The zero-order valence-corrected chi connectivity index (χ0v) is 22.5. The predicted molar refractivity (Wildman–Crippen MR) is 149 cm³/mol. The van der Waals surface area contributed by atoms with Crippen LogP contribution in [0.4, 0.5) is 5.69 Å². The number of aryl methyl sites for hydroxylation is 1. The van der Waals surface area contributed by atoms with Gasteiger partial charge in [0, 0.05) is 44.1 Å². The van der Waals surface area contributed by atoms with Crippen LogP contribution in [0.25, 0.3) is 0 Å². The molecule has 1 unspecified atom stereocenters. The van der Waals surface area contributed by atoms with Crippen LogP contribution in [-0.2, 0) is 32.2 Å². The highest BCUT2D eigenvalue weighted by Crippen LogP contribution is 2.28. The van der Waals surface area contributed by atoms with Crippen molar-refractivity contribution < 1.29 is 5.11 Å². The lowest BCUT2D eigenvalue weighted by molar-refractivity contribution is 0.0616. The maximum atomic E-state index is 10.8. The Bertz CT molecular complexity index is 1090. The minimum Gasteiger partial charge on any atom is -0.383 e. The average Bonchev–Trinajstić information content (AvgIpc) is 3.44. The van der Waals surface area contributed by atoms with E-state index in [1.807, 2.05) is 20.2 Å². The molecule has 1 aliphatic rings. The van der Waals surface area contributed by atoms with E-state index in [1.165, 1.54) is 16.8 Å². The van der Waals surface area contributed by atoms with Gasteiger partial charge in [-0.1, -0.05) is 42.5 Å². The Kier molecular flexibility index (Phi) is 8.96. The summed E-state index contributed by atoms with van der Waals surface area (Å²) in [7, 11) is 1.84. The third-order valence-corrected chi connectivity index (χ3v) is 6.07. The van der Waals surface area contributed by atoms with Crippen LogP contribution in [0.5, 0.6) is 0 Å². The fourth-order valence-corrected chi connectivity index (χ4v) is 4.11. The SMILES string of the molecule is CCNC(=NCc1ccc(CN2CCc3ccccc32)cc1)NCC(C)(O)c1cnn(C)c1.I. The number of guanidine groups is 1. The molecule has 1 aliphatic heterocycles. The fraction of sp³-hybridized carbons (Fsp3) is 0.385. The molecule has 7 nitrogen and oxygen atoms in total. The zero-order chi connectivity index (χ0) is 23.3. The number of anilines is 1. The first-order chi connectivity index (χ1) is 15.9. The molecule has 1 atom stereocenters. The number of fused-ring (bicyclic) bond motifs is 1. The van der Waals surface area contributed by atoms with Crippen molar-refractivity contribution in [2.45, 2.75) is 39.0 Å². The lowest BCUT2D eigenvalue weighted by atomic mass is 10.00. The Morgan fingerprint density at radius 3 is 2.56 bits per heavy atom. The van der Waals surface area contributed by atoms with Crippen molar-refractivity contribution in [3.05, 3.63) is 83.2 Å². The standard InChI is InChI=1S/C26H34N6O.HI/c1-4-27-25(29-19-26(2,33)23-16-30-31(3)18-23)28-15-20-9-11-21(12-10-20)17-32-14-13-22-7-5-6-8-24(22)32;/h5-12,16,18,33H,4,13-15,17,19H2,1-3H3,(H2,27,28,29);1H. The maximum Gasteiger partial charge on any atom is 0.191 e. The van der Waals surface area contributed by atoms with E-state index in [-0.39, 0.29) is 24.0 Å². The third-order valence-electron chi connectivity index (χ3n) is 6.07. The van der Waals surface area contributed by atoms with Gasteiger partial charge in [0.05, 0.1) is 19.3 Å². The number of benzene rings is 2. The van der Waals surface area contributed by atoms with Gasteiger partial charge in [0.2, 0.25) is 0 Å². The Morgan fingerprint density at radius 1 is 1.12 bits per heavy atom. The monoisotopic (exact) mass is 574 g/mol. The van der Waals surface area contributed by atoms with E-state index < -0.39 is 5.60 Å². The van der Waals surface area contributed by atoms with E-state index >= 15 is 0 Å². The summed E-state index contributed by atoms with van der Waals surface area (Å²) in [6.45, 7) is 7.45. The summed E-state index contributed by atoms with van der Waals surface area (Å²) in [5.74, 6) is 0.680. The summed E-state index contributed by atoms with van der Waals surface area (Å²) in [5, 5.41) is 21.5. The molecular weight excluding hydrogens is 539 g/mol. The number of rotatable bonds is 8. The highest BCUT2D eigenvalue weighted by Gasteiger charge is 2.25. The zero-order valence-electron chi connectivity index (χ0n) is 20.2. The van der Waals surface area contributed by atoms with Crippen LogP contribution in [0.3, 0.4) is 0 Å². The third kappa shape index (κ3) is 6.50. The first-order valence-electron chi connectivity index (χ1n) is 11.6. The van der Waals surface area contributed by atoms with Crippen LogP contribution in [0, 0.1) is 0 Å². The quantitative estimate of drug-likeness (QED) is 0.218. The number of aromatic nitrogens is 2. The molecular formula is C26H35IN6O. The first kappa shape index (κ1) is 26.0. The number of aliphatic hydroxyl groups is 1. The van der Waals surface area contributed by atoms with Crippen LogP contribution in [0.15, 0.2) is 65.9 Å². The van der Waals surface area contributed by atoms with Crippen LogP contribution >= 0.6 is 24.0 Å². The molecule has 2 heterocycles. The average molecular weight is 575 g/mol. The topological polar surface area (TPSA) is 77.7 Å². The summed E-state index contributed by atoms with van der Waals surface area (Å²) in [5.41, 5.74) is 4.97. The van der Waals surface area contributed by atoms with Crippen LogP contribution in [-0.4, -0.2) is 40.5 Å². The second kappa shape index (κ2) is 11.7. The highest BCUT2D eigenvalue weighted by molar-refractivity contribution is 14.0. The molecule has 182 valence electrons. The Morgan fingerprint density at radius 2 is 1.85 bits per heavy atom. The van der Waals surface area contributed by atoms with Crippen molar-refractivity contribution in [3.63, 3.8) is 0 Å². The Labute approximate surface area is 219 Å². The van der Waals surface area contributed by atoms with Crippen LogP contribution in [0.2, 0.25) is 0 Å². The van der Waals surface area contributed by atoms with Crippen LogP contribution in [0.1, 0.15) is 36.1 Å². The van der Waals surface area contributed by atoms with Crippen molar-refractivity contribution in [3.8, 4) is 0 Å². The second-order valence-corrected chi connectivity index (χ2v) is 8.84. The number of halogens is 1. The van der Waals surface area contributed by atoms with Crippen molar-refractivity contribution >= 4 is 35.6 Å². The number of aliphatic imine (C=N–C) groups is 1. The lowest BCUT2D eigenvalue weighted by Gasteiger charge is -2.23. The smallest absolute Gasteiger partial charge is 0.191 e. The van der Waals surface area contributed by atoms with E-state index in [0.717, 1.165) is 37.2 Å². The number of hydrogen-bond donors (Lipinski definition) is 3. The summed E-state index contributed by atoms with van der Waals surface area (Å²) in [6.07, 6.45) is 4.64. The van der Waals surface area contributed by atoms with E-state index in [4.69, 9.17) is 4.99 Å². The molecule has 0 radical (unpaired) electrons. The molecule has 0 amide bonds. The summed E-state index contributed by atoms with van der Waals surface area (Å²) in [4.78, 5) is 7.15. The molecule has 0 fully saturated rings. The minimum atomic E-state index is -1.04. The number of para-hydroxylation sites is 1. The van der Waals surface area contributed by atoms with Gasteiger partial charge in [0.25, 0.3) is 0 Å². The van der Waals surface area contributed by atoms with Crippen molar-refractivity contribution in [1.82, 2.24) is 20.4 Å². The lowest BCUT2D eigenvalue weighted by Crippen LogP contribution is -2.44. The normalized spacial score (nSPS) is 14.8. The van der Waals surface area contributed by atoms with Gasteiger partial charge in [-0.3, -0.25) is 4.68 Å². The second-order valence-electron chi connectivity index (χ2n) is 8.84. The van der Waals surface area contributed by atoms with Gasteiger partial charge in [-0.2, -0.15) is 5.10 Å². The van der Waals surface area contributed by atoms with Gasteiger partial charge in [-0.15, -0.1) is 24.0 Å². The highest BCUT2D eigenvalue weighted by atomic mass is 127. The van der Waals surface area contributed by atoms with Gasteiger partial charge >= 0.3 is 0 Å². The first-order valence-corrected chi connectivity index (χ1v) is 11.6. The van der Waals surface area contributed by atoms with Crippen molar-refractivity contribution in [2.75, 3.05) is 24.5 Å². The van der Waals surface area contributed by atoms with Gasteiger partial charge in [-0.05, 0) is 43.0 Å². The van der Waals surface area contributed by atoms with E-state index in [0.29, 0.717) is 19.0 Å². The van der Waals surface area contributed by atoms with Gasteiger partial charge in [0.15, 0.2) is 5.96 Å². The summed E-state index contributed by atoms with van der Waals surface area (Å²) >= 11 is 0. The largest absolute Gasteiger partial charge is 0.383 e. The van der Waals surface area contributed by atoms with Crippen molar-refractivity contribution in [1.29, 1.82) is 0 Å². The van der Waals surface area contributed by atoms with Gasteiger partial charge in [-0.25, -0.2) is 4.99 Å². The molecule has 3 N–H and O–H groups in total. The van der Waals surface area contributed by atoms with Gasteiger partial charge < -0.3 is 20.6 Å². The molecule has 0 saturated heterocycles. The molecule has 4 rings (SSSR count). The minimum absolute atomic E-state index is 0. The van der Waals surface area contributed by atoms with Crippen LogP contribution < -0.4 is 15.5 Å². The summed E-state index contributed by atoms with van der Waals surface area (Å²) < 4.78 is 1.69. The number of nitrogens with one attached hydrogen (secondary N) is 2. The fourth-order valence-electron chi connectivity index (χ4n) is 4.11. The Balaban J connectivity index is 0.00000324. The van der Waals surface area contributed by atoms with E-state index in [1.54, 1.807) is 17.8 Å². The number of nitrogens with zero attached hydrogens (tertiary/aromatic N) is 4. The molecule has 0 aliphatic carbocycles. The Hall–Kier alpha value is -2.59.